The van der Waals surface area contributed by atoms with Gasteiger partial charge in [0.1, 0.15) is 17.1 Å². The Labute approximate surface area is 166 Å². The van der Waals surface area contributed by atoms with Crippen LogP contribution in [-0.2, 0) is 19.1 Å². The third kappa shape index (κ3) is 4.93. The summed E-state index contributed by atoms with van der Waals surface area (Å²) < 4.78 is 4.67. The Hall–Kier alpha value is -2.78. The van der Waals surface area contributed by atoms with Gasteiger partial charge in [0.15, 0.2) is 0 Å². The molecule has 28 heavy (non-hydrogen) atoms. The number of thiazole rings is 1. The van der Waals surface area contributed by atoms with Gasteiger partial charge in [0.05, 0.1) is 20.1 Å². The summed E-state index contributed by atoms with van der Waals surface area (Å²) in [5.74, 6) is -1.00. The number of nitrogens with zero attached hydrogens (tertiary/aromatic N) is 2. The highest BCUT2D eigenvalue weighted by Gasteiger charge is 2.33. The van der Waals surface area contributed by atoms with Crippen molar-refractivity contribution in [3.05, 3.63) is 52.5 Å². The third-order valence-corrected chi connectivity index (χ3v) is 5.35. The number of carbonyl (C=O) groups excluding carboxylic acids is 3. The minimum Gasteiger partial charge on any atom is -0.469 e. The number of nitrogens with one attached hydrogen (secondary N) is 2. The summed E-state index contributed by atoms with van der Waals surface area (Å²) in [6.07, 6.45) is 1.60. The molecule has 2 amide bonds. The van der Waals surface area contributed by atoms with Gasteiger partial charge in [0.25, 0.3) is 0 Å². The number of carbonyl (C=O) groups is 3. The summed E-state index contributed by atoms with van der Waals surface area (Å²) >= 11 is 1.46. The Morgan fingerprint density at radius 1 is 1.39 bits per heavy atom. The SMILES string of the molecule is COC(=O)CC1C(=O)NCCN1CC(=O)NC(c1ccccc1)c1nccs1. The lowest BCUT2D eigenvalue weighted by Crippen LogP contribution is -2.58. The highest BCUT2D eigenvalue weighted by molar-refractivity contribution is 7.09. The second kappa shape index (κ2) is 9.43. The van der Waals surface area contributed by atoms with Crippen LogP contribution in [-0.4, -0.2) is 60.5 Å². The van der Waals surface area contributed by atoms with Crippen LogP contribution in [0.4, 0.5) is 0 Å². The van der Waals surface area contributed by atoms with Gasteiger partial charge in [0.2, 0.25) is 11.8 Å². The Morgan fingerprint density at radius 2 is 2.18 bits per heavy atom. The van der Waals surface area contributed by atoms with Crippen LogP contribution in [0, 0.1) is 0 Å². The van der Waals surface area contributed by atoms with Gasteiger partial charge in [-0.25, -0.2) is 4.98 Å². The second-order valence-corrected chi connectivity index (χ2v) is 7.27. The Morgan fingerprint density at radius 3 is 2.86 bits per heavy atom. The maximum absolute atomic E-state index is 12.8. The van der Waals surface area contributed by atoms with Gasteiger partial charge >= 0.3 is 5.97 Å². The molecule has 148 valence electrons. The first-order valence-electron chi connectivity index (χ1n) is 8.90. The third-order valence-electron chi connectivity index (χ3n) is 4.51. The van der Waals surface area contributed by atoms with Gasteiger partial charge in [-0.05, 0) is 5.56 Å². The number of aromatic nitrogens is 1. The fourth-order valence-corrected chi connectivity index (χ4v) is 3.83. The number of benzene rings is 1. The fourth-order valence-electron chi connectivity index (χ4n) is 3.12. The number of hydrogen-bond acceptors (Lipinski definition) is 7. The number of esters is 1. The maximum Gasteiger partial charge on any atom is 0.307 e. The summed E-state index contributed by atoms with van der Waals surface area (Å²) in [6.45, 7) is 0.913. The molecule has 1 fully saturated rings. The van der Waals surface area contributed by atoms with E-state index in [1.165, 1.54) is 18.4 Å². The van der Waals surface area contributed by atoms with Gasteiger partial charge in [0, 0.05) is 24.7 Å². The van der Waals surface area contributed by atoms with Crippen LogP contribution >= 0.6 is 11.3 Å². The van der Waals surface area contributed by atoms with E-state index in [2.05, 4.69) is 20.4 Å². The minimum atomic E-state index is -0.720. The van der Waals surface area contributed by atoms with Crippen LogP contribution < -0.4 is 10.6 Å². The lowest BCUT2D eigenvalue weighted by atomic mass is 10.1. The van der Waals surface area contributed by atoms with E-state index >= 15 is 0 Å². The normalized spacial score (nSPS) is 18.2. The number of methoxy groups -OCH3 is 1. The molecule has 2 unspecified atom stereocenters. The average molecular weight is 402 g/mol. The van der Waals surface area contributed by atoms with Gasteiger partial charge in [-0.1, -0.05) is 30.3 Å². The molecule has 8 nitrogen and oxygen atoms in total. The highest BCUT2D eigenvalue weighted by atomic mass is 32.1. The predicted molar refractivity (Wildman–Crippen MR) is 104 cm³/mol. The lowest BCUT2D eigenvalue weighted by Gasteiger charge is -2.34. The molecule has 1 saturated heterocycles. The topological polar surface area (TPSA) is 101 Å². The number of ether oxygens (including phenoxy) is 1. The zero-order valence-corrected chi connectivity index (χ0v) is 16.3. The van der Waals surface area contributed by atoms with Crippen molar-refractivity contribution < 1.29 is 19.1 Å². The minimum absolute atomic E-state index is 0.00376. The maximum atomic E-state index is 12.8. The summed E-state index contributed by atoms with van der Waals surface area (Å²) in [7, 11) is 1.28. The fraction of sp³-hybridized carbons (Fsp3) is 0.368. The molecule has 0 aliphatic carbocycles. The lowest BCUT2D eigenvalue weighted by molar-refractivity contribution is -0.146. The summed E-state index contributed by atoms with van der Waals surface area (Å²) in [5, 5.41) is 8.37. The van der Waals surface area contributed by atoms with E-state index in [1.54, 1.807) is 11.1 Å². The molecule has 2 aromatic rings. The first kappa shape index (κ1) is 20.0. The van der Waals surface area contributed by atoms with Crippen LogP contribution in [0.15, 0.2) is 41.9 Å². The zero-order chi connectivity index (χ0) is 19.9. The summed E-state index contributed by atoms with van der Waals surface area (Å²) in [5.41, 5.74) is 0.924. The van der Waals surface area contributed by atoms with E-state index < -0.39 is 12.0 Å². The van der Waals surface area contributed by atoms with E-state index in [4.69, 9.17) is 0 Å². The molecule has 9 heteroatoms. The number of amides is 2. The first-order valence-corrected chi connectivity index (χ1v) is 9.78. The Balaban J connectivity index is 1.71. The number of hydrogen-bond donors (Lipinski definition) is 2. The second-order valence-electron chi connectivity index (χ2n) is 6.34. The molecule has 2 N–H and O–H groups in total. The molecule has 0 saturated carbocycles. The number of piperazine rings is 1. The van der Waals surface area contributed by atoms with E-state index in [0.29, 0.717) is 13.1 Å². The predicted octanol–water partition coefficient (Wildman–Crippen LogP) is 0.712. The van der Waals surface area contributed by atoms with Crippen LogP contribution in [0.5, 0.6) is 0 Å². The Bertz CT molecular complexity index is 813. The van der Waals surface area contributed by atoms with Crippen molar-refractivity contribution in [1.82, 2.24) is 20.5 Å². The standard InChI is InChI=1S/C19H22N4O4S/c1-27-16(25)11-14-18(26)20-7-9-23(14)12-15(24)22-17(19-21-8-10-28-19)13-5-3-2-4-6-13/h2-6,8,10,14,17H,7,9,11-12H2,1H3,(H,20,26)(H,22,24). The van der Waals surface area contributed by atoms with Crippen LogP contribution in [0.3, 0.4) is 0 Å². The van der Waals surface area contributed by atoms with Crippen molar-refractivity contribution in [2.75, 3.05) is 26.7 Å². The van der Waals surface area contributed by atoms with Crippen molar-refractivity contribution in [3.8, 4) is 0 Å². The molecule has 0 bridgehead atoms. The smallest absolute Gasteiger partial charge is 0.307 e. The van der Waals surface area contributed by atoms with E-state index in [1.807, 2.05) is 35.7 Å². The molecular weight excluding hydrogens is 380 g/mol. The monoisotopic (exact) mass is 402 g/mol. The van der Waals surface area contributed by atoms with Crippen LogP contribution in [0.2, 0.25) is 0 Å². The van der Waals surface area contributed by atoms with E-state index in [0.717, 1.165) is 10.6 Å². The van der Waals surface area contributed by atoms with E-state index in [-0.39, 0.29) is 30.8 Å². The quantitative estimate of drug-likeness (QED) is 0.662. The largest absolute Gasteiger partial charge is 0.469 e. The number of rotatable bonds is 7. The molecular formula is C19H22N4O4S. The molecule has 1 aromatic carbocycles. The molecule has 3 rings (SSSR count). The van der Waals surface area contributed by atoms with Gasteiger partial charge in [-0.2, -0.15) is 0 Å². The molecule has 2 atom stereocenters. The van der Waals surface area contributed by atoms with Crippen molar-refractivity contribution in [1.29, 1.82) is 0 Å². The first-order chi connectivity index (χ1) is 13.6. The van der Waals surface area contributed by atoms with E-state index in [9.17, 15) is 14.4 Å². The van der Waals surface area contributed by atoms with Gasteiger partial charge in [-0.15, -0.1) is 11.3 Å². The highest BCUT2D eigenvalue weighted by Crippen LogP contribution is 2.23. The summed E-state index contributed by atoms with van der Waals surface area (Å²) in [6, 6.07) is 8.50. The van der Waals surface area contributed by atoms with Crippen molar-refractivity contribution in [2.45, 2.75) is 18.5 Å². The molecule has 1 aliphatic heterocycles. The molecule has 2 heterocycles. The average Bonchev–Trinajstić information content (AvgIpc) is 3.24. The summed E-state index contributed by atoms with van der Waals surface area (Å²) in [4.78, 5) is 42.6. The molecule has 0 radical (unpaired) electrons. The van der Waals surface area contributed by atoms with Crippen LogP contribution in [0.1, 0.15) is 23.0 Å². The zero-order valence-electron chi connectivity index (χ0n) is 15.5. The van der Waals surface area contributed by atoms with Crippen molar-refractivity contribution >= 4 is 29.1 Å². The molecule has 1 aliphatic rings. The van der Waals surface area contributed by atoms with Gasteiger partial charge in [-0.3, -0.25) is 19.3 Å². The van der Waals surface area contributed by atoms with Crippen LogP contribution in [0.25, 0.3) is 0 Å². The Kier molecular flexibility index (Phi) is 6.72. The van der Waals surface area contributed by atoms with Crippen molar-refractivity contribution in [2.24, 2.45) is 0 Å². The molecule has 1 aromatic heterocycles. The van der Waals surface area contributed by atoms with Crippen molar-refractivity contribution in [3.63, 3.8) is 0 Å². The van der Waals surface area contributed by atoms with Gasteiger partial charge < -0.3 is 15.4 Å². The molecule has 0 spiro atoms.